The van der Waals surface area contributed by atoms with Gasteiger partial charge >= 0.3 is 0 Å². The van der Waals surface area contributed by atoms with Crippen molar-refractivity contribution in [2.45, 2.75) is 26.2 Å². The SMILES string of the molecule is CCC(C)c1cccc2c1ccn2C. The van der Waals surface area contributed by atoms with Gasteiger partial charge < -0.3 is 4.57 Å². The maximum Gasteiger partial charge on any atom is 0.0480 e. The Labute approximate surface area is 85.4 Å². The number of hydrogen-bond donors (Lipinski definition) is 0. The van der Waals surface area contributed by atoms with Crippen LogP contribution in [0.4, 0.5) is 0 Å². The van der Waals surface area contributed by atoms with Crippen LogP contribution in [0.25, 0.3) is 10.9 Å². The minimum Gasteiger partial charge on any atom is -0.351 e. The molecular weight excluding hydrogens is 170 g/mol. The monoisotopic (exact) mass is 187 g/mol. The molecule has 0 aliphatic rings. The van der Waals surface area contributed by atoms with Crippen molar-refractivity contribution in [3.05, 3.63) is 36.0 Å². The highest BCUT2D eigenvalue weighted by molar-refractivity contribution is 5.84. The van der Waals surface area contributed by atoms with Crippen molar-refractivity contribution < 1.29 is 0 Å². The maximum absolute atomic E-state index is 2.29. The van der Waals surface area contributed by atoms with Gasteiger partial charge in [-0.3, -0.25) is 0 Å². The summed E-state index contributed by atoms with van der Waals surface area (Å²) in [5.74, 6) is 0.654. The Hall–Kier alpha value is -1.24. The fourth-order valence-corrected chi connectivity index (χ4v) is 1.98. The lowest BCUT2D eigenvalue weighted by Crippen LogP contribution is -1.92. The Morgan fingerprint density at radius 2 is 2.07 bits per heavy atom. The van der Waals surface area contributed by atoms with E-state index in [0.29, 0.717) is 5.92 Å². The first kappa shape index (κ1) is 9.32. The van der Waals surface area contributed by atoms with Crippen LogP contribution in [0.1, 0.15) is 31.7 Å². The second-order valence-electron chi connectivity index (χ2n) is 4.02. The summed E-state index contributed by atoms with van der Waals surface area (Å²) >= 11 is 0. The summed E-state index contributed by atoms with van der Waals surface area (Å²) in [7, 11) is 2.10. The van der Waals surface area contributed by atoms with Crippen molar-refractivity contribution in [2.24, 2.45) is 7.05 Å². The largest absolute Gasteiger partial charge is 0.351 e. The third kappa shape index (κ3) is 1.33. The lowest BCUT2D eigenvalue weighted by Gasteiger charge is -2.10. The molecule has 0 amide bonds. The maximum atomic E-state index is 2.29. The Balaban J connectivity index is 2.65. The molecule has 0 radical (unpaired) electrons. The first-order valence-corrected chi connectivity index (χ1v) is 5.28. The van der Waals surface area contributed by atoms with E-state index in [2.05, 4.69) is 55.9 Å². The van der Waals surface area contributed by atoms with Crippen LogP contribution in [0.3, 0.4) is 0 Å². The molecule has 0 bridgehead atoms. The van der Waals surface area contributed by atoms with Crippen LogP contribution in [-0.4, -0.2) is 4.57 Å². The summed E-state index contributed by atoms with van der Waals surface area (Å²) in [6.45, 7) is 4.54. The molecule has 2 aromatic rings. The topological polar surface area (TPSA) is 4.93 Å². The van der Waals surface area contributed by atoms with Gasteiger partial charge in [-0.2, -0.15) is 0 Å². The highest BCUT2D eigenvalue weighted by atomic mass is 14.9. The Morgan fingerprint density at radius 3 is 2.79 bits per heavy atom. The number of rotatable bonds is 2. The van der Waals surface area contributed by atoms with Gasteiger partial charge in [0.1, 0.15) is 0 Å². The molecule has 1 atom stereocenters. The van der Waals surface area contributed by atoms with Gasteiger partial charge in [0.2, 0.25) is 0 Å². The second kappa shape index (κ2) is 3.49. The minimum atomic E-state index is 0.654. The smallest absolute Gasteiger partial charge is 0.0480 e. The summed E-state index contributed by atoms with van der Waals surface area (Å²) in [5.41, 5.74) is 2.81. The molecule has 0 N–H and O–H groups in total. The number of aryl methyl sites for hydroxylation is 1. The molecule has 74 valence electrons. The van der Waals surface area contributed by atoms with Crippen molar-refractivity contribution in [1.82, 2.24) is 4.57 Å². The second-order valence-corrected chi connectivity index (χ2v) is 4.02. The lowest BCUT2D eigenvalue weighted by atomic mass is 9.95. The minimum absolute atomic E-state index is 0.654. The van der Waals surface area contributed by atoms with E-state index < -0.39 is 0 Å². The van der Waals surface area contributed by atoms with Gasteiger partial charge in [0.05, 0.1) is 0 Å². The lowest BCUT2D eigenvalue weighted by molar-refractivity contribution is 0.739. The molecule has 0 fully saturated rings. The molecule has 0 aliphatic heterocycles. The number of aromatic nitrogens is 1. The van der Waals surface area contributed by atoms with Gasteiger partial charge in [0.25, 0.3) is 0 Å². The molecule has 0 saturated heterocycles. The van der Waals surface area contributed by atoms with Crippen molar-refractivity contribution in [3.8, 4) is 0 Å². The summed E-state index contributed by atoms with van der Waals surface area (Å²) in [4.78, 5) is 0. The summed E-state index contributed by atoms with van der Waals surface area (Å²) in [5, 5.41) is 1.41. The van der Waals surface area contributed by atoms with E-state index in [-0.39, 0.29) is 0 Å². The normalized spacial score (nSPS) is 13.4. The Morgan fingerprint density at radius 1 is 1.29 bits per heavy atom. The van der Waals surface area contributed by atoms with Crippen LogP contribution in [-0.2, 0) is 7.05 Å². The van der Waals surface area contributed by atoms with Gasteiger partial charge in [-0.25, -0.2) is 0 Å². The van der Waals surface area contributed by atoms with Gasteiger partial charge in [0.15, 0.2) is 0 Å². The van der Waals surface area contributed by atoms with Crippen LogP contribution in [0.5, 0.6) is 0 Å². The van der Waals surface area contributed by atoms with Gasteiger partial charge in [-0.1, -0.05) is 26.0 Å². The zero-order valence-corrected chi connectivity index (χ0v) is 9.12. The summed E-state index contributed by atoms with van der Waals surface area (Å²) in [6, 6.07) is 8.80. The van der Waals surface area contributed by atoms with Crippen molar-refractivity contribution in [2.75, 3.05) is 0 Å². The molecule has 1 heteroatoms. The van der Waals surface area contributed by atoms with Crippen LogP contribution in [0.15, 0.2) is 30.5 Å². The van der Waals surface area contributed by atoms with Crippen LogP contribution in [0, 0.1) is 0 Å². The quantitative estimate of drug-likeness (QED) is 0.675. The van der Waals surface area contributed by atoms with Crippen molar-refractivity contribution in [1.29, 1.82) is 0 Å². The van der Waals surface area contributed by atoms with E-state index in [1.54, 1.807) is 0 Å². The van der Waals surface area contributed by atoms with E-state index in [1.807, 2.05) is 0 Å². The third-order valence-electron chi connectivity index (χ3n) is 3.10. The first-order chi connectivity index (χ1) is 6.74. The highest BCUT2D eigenvalue weighted by Crippen LogP contribution is 2.27. The molecule has 1 nitrogen and oxygen atoms in total. The van der Waals surface area contributed by atoms with Crippen molar-refractivity contribution >= 4 is 10.9 Å². The molecule has 0 spiro atoms. The van der Waals surface area contributed by atoms with Gasteiger partial charge in [-0.05, 0) is 30.0 Å². The third-order valence-corrected chi connectivity index (χ3v) is 3.10. The molecule has 2 rings (SSSR count). The molecule has 1 aromatic heterocycles. The van der Waals surface area contributed by atoms with E-state index in [1.165, 1.54) is 22.9 Å². The molecular formula is C13H17N. The van der Waals surface area contributed by atoms with Gasteiger partial charge in [0, 0.05) is 24.1 Å². The number of benzene rings is 1. The average Bonchev–Trinajstić information content (AvgIpc) is 2.59. The number of nitrogens with zero attached hydrogens (tertiary/aromatic N) is 1. The Bertz CT molecular complexity index is 439. The molecule has 0 saturated carbocycles. The van der Waals surface area contributed by atoms with E-state index >= 15 is 0 Å². The predicted molar refractivity (Wildman–Crippen MR) is 61.6 cm³/mol. The standard InChI is InChI=1S/C13H17N/c1-4-10(2)11-6-5-7-13-12(11)8-9-14(13)3/h5-10H,4H2,1-3H3. The Kier molecular flexibility index (Phi) is 2.32. The van der Waals surface area contributed by atoms with Gasteiger partial charge in [-0.15, -0.1) is 0 Å². The summed E-state index contributed by atoms with van der Waals surface area (Å²) < 4.78 is 2.18. The van der Waals surface area contributed by atoms with Crippen LogP contribution < -0.4 is 0 Å². The molecule has 1 heterocycles. The number of fused-ring (bicyclic) bond motifs is 1. The first-order valence-electron chi connectivity index (χ1n) is 5.28. The predicted octanol–water partition coefficient (Wildman–Crippen LogP) is 3.69. The van der Waals surface area contributed by atoms with E-state index in [4.69, 9.17) is 0 Å². The van der Waals surface area contributed by atoms with Crippen molar-refractivity contribution in [3.63, 3.8) is 0 Å². The summed E-state index contributed by atoms with van der Waals surface area (Å²) in [6.07, 6.45) is 3.34. The molecule has 14 heavy (non-hydrogen) atoms. The fourth-order valence-electron chi connectivity index (χ4n) is 1.98. The molecule has 0 aliphatic carbocycles. The molecule has 1 unspecified atom stereocenters. The average molecular weight is 187 g/mol. The van der Waals surface area contributed by atoms with E-state index in [9.17, 15) is 0 Å². The zero-order chi connectivity index (χ0) is 10.1. The fraction of sp³-hybridized carbons (Fsp3) is 0.385. The zero-order valence-electron chi connectivity index (χ0n) is 9.12. The van der Waals surface area contributed by atoms with Crippen LogP contribution in [0.2, 0.25) is 0 Å². The number of hydrogen-bond acceptors (Lipinski definition) is 0. The molecule has 1 aromatic carbocycles. The van der Waals surface area contributed by atoms with E-state index in [0.717, 1.165) is 0 Å². The van der Waals surface area contributed by atoms with Crippen LogP contribution >= 0.6 is 0 Å². The highest BCUT2D eigenvalue weighted by Gasteiger charge is 2.08.